The van der Waals surface area contributed by atoms with Gasteiger partial charge in [-0.1, -0.05) is 12.1 Å². The topological polar surface area (TPSA) is 38.9 Å². The highest BCUT2D eigenvalue weighted by molar-refractivity contribution is 5.29. The summed E-state index contributed by atoms with van der Waals surface area (Å²) in [5.74, 6) is 0.434. The lowest BCUT2D eigenvalue weighted by Crippen LogP contribution is -2.26. The summed E-state index contributed by atoms with van der Waals surface area (Å²) in [6, 6.07) is 4.34. The van der Waals surface area contributed by atoms with Crippen molar-refractivity contribution < 1.29 is 0 Å². The Morgan fingerprint density at radius 2 is 2.57 bits per heavy atom. The van der Waals surface area contributed by atoms with E-state index >= 15 is 0 Å². The predicted molar refractivity (Wildman–Crippen MR) is 58.1 cm³/mol. The van der Waals surface area contributed by atoms with Gasteiger partial charge in [0.1, 0.15) is 0 Å². The van der Waals surface area contributed by atoms with E-state index in [0.717, 1.165) is 19.3 Å². The average molecular weight is 188 g/mol. The van der Waals surface area contributed by atoms with Crippen LogP contribution in [-0.4, -0.2) is 11.0 Å². The van der Waals surface area contributed by atoms with Crippen molar-refractivity contribution in [3.63, 3.8) is 0 Å². The molecule has 0 bridgehead atoms. The van der Waals surface area contributed by atoms with Crippen LogP contribution in [0.2, 0.25) is 0 Å². The van der Waals surface area contributed by atoms with Crippen molar-refractivity contribution in [1.82, 2.24) is 4.98 Å². The lowest BCUT2D eigenvalue weighted by Gasteiger charge is -2.17. The second-order valence-electron chi connectivity index (χ2n) is 3.88. The third kappa shape index (κ3) is 1.58. The summed E-state index contributed by atoms with van der Waals surface area (Å²) in [7, 11) is 0. The summed E-state index contributed by atoms with van der Waals surface area (Å²) in [5, 5.41) is 0. The van der Waals surface area contributed by atoms with Crippen molar-refractivity contribution in [3.8, 4) is 0 Å². The van der Waals surface area contributed by atoms with Gasteiger partial charge < -0.3 is 5.73 Å². The Morgan fingerprint density at radius 3 is 3.36 bits per heavy atom. The van der Waals surface area contributed by atoms with E-state index in [1.54, 1.807) is 0 Å². The Balaban J connectivity index is 2.21. The van der Waals surface area contributed by atoms with E-state index in [1.165, 1.54) is 11.3 Å². The van der Waals surface area contributed by atoms with E-state index in [9.17, 15) is 0 Å². The van der Waals surface area contributed by atoms with Crippen molar-refractivity contribution in [1.29, 1.82) is 0 Å². The highest BCUT2D eigenvalue weighted by Gasteiger charge is 2.27. The van der Waals surface area contributed by atoms with E-state index in [0.29, 0.717) is 5.92 Å². The fraction of sp³-hybridized carbons (Fsp3) is 0.417. The molecule has 0 amide bonds. The molecular weight excluding hydrogens is 172 g/mol. The minimum Gasteiger partial charge on any atom is -0.327 e. The van der Waals surface area contributed by atoms with Crippen LogP contribution in [0.1, 0.15) is 30.0 Å². The van der Waals surface area contributed by atoms with Gasteiger partial charge in [-0.15, -0.1) is 6.58 Å². The Hall–Kier alpha value is -1.15. The van der Waals surface area contributed by atoms with Crippen LogP contribution in [0.4, 0.5) is 0 Å². The van der Waals surface area contributed by atoms with E-state index < -0.39 is 0 Å². The number of pyridine rings is 1. The molecule has 0 aromatic carbocycles. The first-order valence-electron chi connectivity index (χ1n) is 5.13. The van der Waals surface area contributed by atoms with Crippen LogP contribution >= 0.6 is 0 Å². The normalized spacial score (nSPS) is 21.6. The Labute approximate surface area is 84.9 Å². The van der Waals surface area contributed by atoms with Crippen molar-refractivity contribution in [2.24, 2.45) is 5.73 Å². The standard InChI is InChI=1S/C12H16N2/c1-2-4-11(13)10-7-6-9-5-3-8-14-12(9)10/h2-3,5,8,10-11H,1,4,6-7,13H2. The fourth-order valence-electron chi connectivity index (χ4n) is 2.22. The molecule has 2 heteroatoms. The highest BCUT2D eigenvalue weighted by Crippen LogP contribution is 2.33. The lowest BCUT2D eigenvalue weighted by molar-refractivity contribution is 0.524. The van der Waals surface area contributed by atoms with Crippen LogP contribution in [0.3, 0.4) is 0 Å². The molecule has 0 radical (unpaired) electrons. The fourth-order valence-corrected chi connectivity index (χ4v) is 2.22. The zero-order valence-corrected chi connectivity index (χ0v) is 8.32. The molecule has 2 rings (SSSR count). The number of nitrogens with two attached hydrogens (primary N) is 1. The molecular formula is C12H16N2. The van der Waals surface area contributed by atoms with Gasteiger partial charge in [-0.2, -0.15) is 0 Å². The van der Waals surface area contributed by atoms with Crippen LogP contribution in [-0.2, 0) is 6.42 Å². The summed E-state index contributed by atoms with van der Waals surface area (Å²) in [4.78, 5) is 4.43. The first kappa shape index (κ1) is 9.41. The van der Waals surface area contributed by atoms with Gasteiger partial charge in [0.15, 0.2) is 0 Å². The molecule has 1 aromatic heterocycles. The number of rotatable bonds is 3. The van der Waals surface area contributed by atoms with Gasteiger partial charge >= 0.3 is 0 Å². The summed E-state index contributed by atoms with van der Waals surface area (Å²) < 4.78 is 0. The number of hydrogen-bond donors (Lipinski definition) is 1. The van der Waals surface area contributed by atoms with Gasteiger partial charge in [0.25, 0.3) is 0 Å². The van der Waals surface area contributed by atoms with E-state index in [4.69, 9.17) is 5.73 Å². The maximum absolute atomic E-state index is 6.09. The van der Waals surface area contributed by atoms with Gasteiger partial charge in [-0.05, 0) is 30.9 Å². The van der Waals surface area contributed by atoms with Crippen molar-refractivity contribution in [2.75, 3.05) is 0 Å². The molecule has 2 N–H and O–H groups in total. The van der Waals surface area contributed by atoms with Gasteiger partial charge in [0.05, 0.1) is 0 Å². The summed E-state index contributed by atoms with van der Waals surface area (Å²) in [5.41, 5.74) is 8.68. The molecule has 1 aliphatic rings. The highest BCUT2D eigenvalue weighted by atomic mass is 14.7. The number of aryl methyl sites for hydroxylation is 1. The van der Waals surface area contributed by atoms with E-state index in [2.05, 4.69) is 17.6 Å². The molecule has 0 saturated heterocycles. The molecule has 1 heterocycles. The Morgan fingerprint density at radius 1 is 1.71 bits per heavy atom. The van der Waals surface area contributed by atoms with Crippen LogP contribution in [0, 0.1) is 0 Å². The first-order valence-corrected chi connectivity index (χ1v) is 5.13. The Kier molecular flexibility index (Phi) is 2.64. The smallest absolute Gasteiger partial charge is 0.0482 e. The molecule has 0 aliphatic heterocycles. The molecule has 2 nitrogen and oxygen atoms in total. The van der Waals surface area contributed by atoms with Crippen molar-refractivity contribution in [3.05, 3.63) is 42.2 Å². The van der Waals surface area contributed by atoms with E-state index in [1.807, 2.05) is 18.3 Å². The van der Waals surface area contributed by atoms with Gasteiger partial charge in [0, 0.05) is 23.9 Å². The number of hydrogen-bond acceptors (Lipinski definition) is 2. The third-order valence-corrected chi connectivity index (χ3v) is 2.96. The molecule has 2 atom stereocenters. The second kappa shape index (κ2) is 3.93. The van der Waals surface area contributed by atoms with Crippen LogP contribution in [0.15, 0.2) is 31.0 Å². The first-order chi connectivity index (χ1) is 6.83. The summed E-state index contributed by atoms with van der Waals surface area (Å²) in [6.45, 7) is 3.73. The third-order valence-electron chi connectivity index (χ3n) is 2.96. The number of aromatic nitrogens is 1. The molecule has 74 valence electrons. The maximum Gasteiger partial charge on any atom is 0.0482 e. The van der Waals surface area contributed by atoms with Gasteiger partial charge in [0.2, 0.25) is 0 Å². The molecule has 1 aliphatic carbocycles. The molecule has 0 fully saturated rings. The number of nitrogens with zero attached hydrogens (tertiary/aromatic N) is 1. The lowest BCUT2D eigenvalue weighted by atomic mass is 9.95. The molecule has 0 spiro atoms. The predicted octanol–water partition coefficient (Wildman–Crippen LogP) is 2.01. The van der Waals surface area contributed by atoms with Crippen molar-refractivity contribution in [2.45, 2.75) is 31.2 Å². The zero-order valence-electron chi connectivity index (χ0n) is 8.32. The SMILES string of the molecule is C=CCC(N)C1CCc2cccnc21. The van der Waals surface area contributed by atoms with Gasteiger partial charge in [-0.3, -0.25) is 4.98 Å². The quantitative estimate of drug-likeness (QED) is 0.737. The average Bonchev–Trinajstić information content (AvgIpc) is 2.61. The second-order valence-corrected chi connectivity index (χ2v) is 3.88. The number of fused-ring (bicyclic) bond motifs is 1. The largest absolute Gasteiger partial charge is 0.327 e. The summed E-state index contributed by atoms with van der Waals surface area (Å²) >= 11 is 0. The minimum absolute atomic E-state index is 0.184. The summed E-state index contributed by atoms with van der Waals surface area (Å²) in [6.07, 6.45) is 6.89. The maximum atomic E-state index is 6.09. The van der Waals surface area contributed by atoms with Gasteiger partial charge in [-0.25, -0.2) is 0 Å². The molecule has 14 heavy (non-hydrogen) atoms. The minimum atomic E-state index is 0.184. The molecule has 0 saturated carbocycles. The zero-order chi connectivity index (χ0) is 9.97. The van der Waals surface area contributed by atoms with Crippen LogP contribution in [0.25, 0.3) is 0 Å². The Bertz CT molecular complexity index is 333. The monoisotopic (exact) mass is 188 g/mol. The molecule has 2 unspecified atom stereocenters. The molecule has 1 aromatic rings. The van der Waals surface area contributed by atoms with Crippen molar-refractivity contribution >= 4 is 0 Å². The van der Waals surface area contributed by atoms with E-state index in [-0.39, 0.29) is 6.04 Å². The van der Waals surface area contributed by atoms with Crippen LogP contribution in [0.5, 0.6) is 0 Å². The van der Waals surface area contributed by atoms with Crippen LogP contribution < -0.4 is 5.73 Å².